The number of pyridine rings is 1. The van der Waals surface area contributed by atoms with Gasteiger partial charge in [0.15, 0.2) is 0 Å². The largest absolute Gasteiger partial charge is 0.384 e. The van der Waals surface area contributed by atoms with Crippen LogP contribution >= 0.6 is 0 Å². The molecule has 104 valence electrons. The average molecular weight is 278 g/mol. The SMILES string of the molecule is O=C(c1ncccc1C#CCO)N1CCc2ccccc21. The Hall–Kier alpha value is -2.64. The van der Waals surface area contributed by atoms with Crippen molar-refractivity contribution in [2.45, 2.75) is 6.42 Å². The Balaban J connectivity index is 1.97. The molecule has 0 saturated carbocycles. The van der Waals surface area contributed by atoms with Crippen molar-refractivity contribution in [3.05, 3.63) is 59.4 Å². The number of amides is 1. The Morgan fingerprint density at radius 2 is 2.14 bits per heavy atom. The van der Waals surface area contributed by atoms with Gasteiger partial charge in [0.05, 0.1) is 5.56 Å². The van der Waals surface area contributed by atoms with E-state index in [1.807, 2.05) is 24.3 Å². The van der Waals surface area contributed by atoms with E-state index in [9.17, 15) is 4.79 Å². The maximum atomic E-state index is 12.7. The molecule has 0 atom stereocenters. The van der Waals surface area contributed by atoms with Crippen LogP contribution in [-0.2, 0) is 6.42 Å². The normalized spacial score (nSPS) is 12.5. The number of benzene rings is 1. The summed E-state index contributed by atoms with van der Waals surface area (Å²) in [6.45, 7) is 0.413. The van der Waals surface area contributed by atoms with Crippen molar-refractivity contribution in [2.24, 2.45) is 0 Å². The van der Waals surface area contributed by atoms with Gasteiger partial charge in [0.25, 0.3) is 5.91 Å². The lowest BCUT2D eigenvalue weighted by Crippen LogP contribution is -2.30. The second-order valence-electron chi connectivity index (χ2n) is 4.69. The fourth-order valence-corrected chi connectivity index (χ4v) is 2.49. The molecule has 2 aromatic rings. The summed E-state index contributed by atoms with van der Waals surface area (Å²) in [7, 11) is 0. The van der Waals surface area contributed by atoms with Gasteiger partial charge in [-0.2, -0.15) is 0 Å². The lowest BCUT2D eigenvalue weighted by Gasteiger charge is -2.17. The highest BCUT2D eigenvalue weighted by Crippen LogP contribution is 2.28. The van der Waals surface area contributed by atoms with Crippen molar-refractivity contribution in [3.8, 4) is 11.8 Å². The number of nitrogens with zero attached hydrogens (tertiary/aromatic N) is 2. The molecule has 3 rings (SSSR count). The lowest BCUT2D eigenvalue weighted by molar-refractivity contribution is 0.0984. The maximum absolute atomic E-state index is 12.7. The third kappa shape index (κ3) is 2.51. The monoisotopic (exact) mass is 278 g/mol. The van der Waals surface area contributed by atoms with Gasteiger partial charge in [-0.15, -0.1) is 0 Å². The number of rotatable bonds is 1. The van der Waals surface area contributed by atoms with E-state index in [0.29, 0.717) is 17.8 Å². The lowest BCUT2D eigenvalue weighted by atomic mass is 10.1. The highest BCUT2D eigenvalue weighted by atomic mass is 16.2. The van der Waals surface area contributed by atoms with E-state index in [4.69, 9.17) is 5.11 Å². The van der Waals surface area contributed by atoms with Crippen molar-refractivity contribution in [1.82, 2.24) is 4.98 Å². The number of carbonyl (C=O) groups excluding carboxylic acids is 1. The van der Waals surface area contributed by atoms with E-state index in [2.05, 4.69) is 16.8 Å². The molecule has 0 unspecified atom stereocenters. The highest BCUT2D eigenvalue weighted by Gasteiger charge is 2.27. The molecular weight excluding hydrogens is 264 g/mol. The van der Waals surface area contributed by atoms with Crippen LogP contribution in [0.5, 0.6) is 0 Å². The van der Waals surface area contributed by atoms with E-state index < -0.39 is 0 Å². The van der Waals surface area contributed by atoms with Crippen molar-refractivity contribution in [3.63, 3.8) is 0 Å². The van der Waals surface area contributed by atoms with Crippen LogP contribution in [-0.4, -0.2) is 29.1 Å². The maximum Gasteiger partial charge on any atom is 0.278 e. The van der Waals surface area contributed by atoms with Crippen LogP contribution in [0.1, 0.15) is 21.6 Å². The Kier molecular flexibility index (Phi) is 3.67. The van der Waals surface area contributed by atoms with E-state index in [1.165, 1.54) is 5.56 Å². The number of hydrogen-bond donors (Lipinski definition) is 1. The van der Waals surface area contributed by atoms with Gasteiger partial charge in [-0.25, -0.2) is 4.98 Å². The summed E-state index contributed by atoms with van der Waals surface area (Å²) in [6.07, 6.45) is 2.44. The molecule has 1 aromatic heterocycles. The number of hydrogen-bond acceptors (Lipinski definition) is 3. The van der Waals surface area contributed by atoms with Gasteiger partial charge in [-0.1, -0.05) is 30.0 Å². The predicted octanol–water partition coefficient (Wildman–Crippen LogP) is 1.63. The van der Waals surface area contributed by atoms with E-state index >= 15 is 0 Å². The Morgan fingerprint density at radius 3 is 3.00 bits per heavy atom. The van der Waals surface area contributed by atoms with Crippen molar-refractivity contribution in [2.75, 3.05) is 18.1 Å². The summed E-state index contributed by atoms with van der Waals surface area (Å²) in [5.41, 5.74) is 2.98. The molecule has 0 bridgehead atoms. The minimum atomic E-state index is -0.241. The quantitative estimate of drug-likeness (QED) is 0.807. The summed E-state index contributed by atoms with van der Waals surface area (Å²) in [5.74, 6) is 5.20. The standard InChI is InChI=1S/C17H14N2O2/c20-12-4-7-14-6-3-10-18-16(14)17(21)19-11-9-13-5-1-2-8-15(13)19/h1-3,5-6,8,10,20H,9,11-12H2. The predicted molar refractivity (Wildman–Crippen MR) is 80.0 cm³/mol. The second-order valence-corrected chi connectivity index (χ2v) is 4.69. The number of aromatic nitrogens is 1. The van der Waals surface area contributed by atoms with E-state index in [-0.39, 0.29) is 12.5 Å². The molecule has 0 spiro atoms. The highest BCUT2D eigenvalue weighted by molar-refractivity contribution is 6.07. The Bertz CT molecular complexity index is 744. The molecule has 0 saturated heterocycles. The van der Waals surface area contributed by atoms with Crippen LogP contribution in [0.3, 0.4) is 0 Å². The van der Waals surface area contributed by atoms with Crippen molar-refractivity contribution in [1.29, 1.82) is 0 Å². The van der Waals surface area contributed by atoms with Crippen LogP contribution in [0.4, 0.5) is 5.69 Å². The Morgan fingerprint density at radius 1 is 1.29 bits per heavy atom. The number of anilines is 1. The molecule has 1 amide bonds. The van der Waals surface area contributed by atoms with Gasteiger partial charge in [-0.3, -0.25) is 4.79 Å². The third-order valence-electron chi connectivity index (χ3n) is 3.44. The molecule has 0 aliphatic carbocycles. The van der Waals surface area contributed by atoms with Gasteiger partial charge in [0.2, 0.25) is 0 Å². The molecule has 2 heterocycles. The number of carbonyl (C=O) groups is 1. The molecule has 1 N–H and O–H groups in total. The van der Waals surface area contributed by atoms with Gasteiger partial charge in [0, 0.05) is 18.4 Å². The molecule has 4 heteroatoms. The Labute approximate surface area is 123 Å². The fraction of sp³-hybridized carbons (Fsp3) is 0.176. The first-order chi connectivity index (χ1) is 10.3. The van der Waals surface area contributed by atoms with Crippen LogP contribution in [0.15, 0.2) is 42.6 Å². The minimum absolute atomic E-state index is 0.150. The summed E-state index contributed by atoms with van der Waals surface area (Å²) in [6, 6.07) is 11.4. The van der Waals surface area contributed by atoms with Crippen LogP contribution in [0.2, 0.25) is 0 Å². The molecule has 1 aromatic carbocycles. The summed E-state index contributed by atoms with van der Waals surface area (Å²) in [4.78, 5) is 18.6. The van der Waals surface area contributed by atoms with Gasteiger partial charge in [-0.05, 0) is 30.2 Å². The fourth-order valence-electron chi connectivity index (χ4n) is 2.49. The number of para-hydroxylation sites is 1. The number of aliphatic hydroxyl groups excluding tert-OH is 1. The minimum Gasteiger partial charge on any atom is -0.384 e. The zero-order valence-corrected chi connectivity index (χ0v) is 11.4. The molecule has 21 heavy (non-hydrogen) atoms. The van der Waals surface area contributed by atoms with Crippen LogP contribution < -0.4 is 4.90 Å². The first-order valence-electron chi connectivity index (χ1n) is 6.76. The topological polar surface area (TPSA) is 53.4 Å². The first kappa shape index (κ1) is 13.3. The summed E-state index contributed by atoms with van der Waals surface area (Å²) < 4.78 is 0. The van der Waals surface area contributed by atoms with Crippen molar-refractivity contribution >= 4 is 11.6 Å². The smallest absolute Gasteiger partial charge is 0.278 e. The molecule has 0 fully saturated rings. The number of aliphatic hydroxyl groups is 1. The molecular formula is C17H14N2O2. The molecule has 1 aliphatic heterocycles. The van der Waals surface area contributed by atoms with E-state index in [1.54, 1.807) is 23.2 Å². The number of fused-ring (bicyclic) bond motifs is 1. The molecule has 1 aliphatic rings. The summed E-state index contributed by atoms with van der Waals surface area (Å²) in [5, 5.41) is 8.81. The molecule has 4 nitrogen and oxygen atoms in total. The van der Waals surface area contributed by atoms with Gasteiger partial charge >= 0.3 is 0 Å². The van der Waals surface area contributed by atoms with E-state index in [0.717, 1.165) is 12.1 Å². The average Bonchev–Trinajstić information content (AvgIpc) is 2.96. The first-order valence-corrected chi connectivity index (χ1v) is 6.76. The zero-order valence-electron chi connectivity index (χ0n) is 11.4. The molecule has 0 radical (unpaired) electrons. The van der Waals surface area contributed by atoms with Crippen LogP contribution in [0, 0.1) is 11.8 Å². The third-order valence-corrected chi connectivity index (χ3v) is 3.44. The van der Waals surface area contributed by atoms with Gasteiger partial charge in [0.1, 0.15) is 12.3 Å². The van der Waals surface area contributed by atoms with Gasteiger partial charge < -0.3 is 10.0 Å². The summed E-state index contributed by atoms with van der Waals surface area (Å²) >= 11 is 0. The second kappa shape index (κ2) is 5.78. The zero-order chi connectivity index (χ0) is 14.7. The van der Waals surface area contributed by atoms with Crippen LogP contribution in [0.25, 0.3) is 0 Å². The van der Waals surface area contributed by atoms with Crippen molar-refractivity contribution < 1.29 is 9.90 Å².